The molecule has 2 atom stereocenters. The summed E-state index contributed by atoms with van der Waals surface area (Å²) in [6.07, 6.45) is 2.24. The largest absolute Gasteiger partial charge is 0.478 e. The van der Waals surface area contributed by atoms with E-state index in [-0.39, 0.29) is 5.69 Å². The van der Waals surface area contributed by atoms with Crippen LogP contribution >= 0.6 is 0 Å². The number of anilines is 1. The molecule has 0 aliphatic heterocycles. The van der Waals surface area contributed by atoms with Crippen LogP contribution in [0.5, 0.6) is 0 Å². The highest BCUT2D eigenvalue weighted by atomic mass is 19.1. The number of hydrogen-bond donors (Lipinski definition) is 3. The molecule has 8 heteroatoms. The van der Waals surface area contributed by atoms with E-state index in [1.165, 1.54) is 0 Å². The zero-order chi connectivity index (χ0) is 15.6. The van der Waals surface area contributed by atoms with Gasteiger partial charge in [0, 0.05) is 12.1 Å². The second-order valence-electron chi connectivity index (χ2n) is 5.01. The van der Waals surface area contributed by atoms with Gasteiger partial charge in [-0.1, -0.05) is 12.8 Å². The fourth-order valence-electron chi connectivity index (χ4n) is 2.47. The zero-order valence-electron chi connectivity index (χ0n) is 11.1. The molecule has 1 fully saturated rings. The summed E-state index contributed by atoms with van der Waals surface area (Å²) in [5, 5.41) is 32.4. The Morgan fingerprint density at radius 2 is 2.05 bits per heavy atom. The van der Waals surface area contributed by atoms with Crippen LogP contribution < -0.4 is 5.32 Å². The third-order valence-electron chi connectivity index (χ3n) is 3.58. The monoisotopic (exact) mass is 298 g/mol. The lowest BCUT2D eigenvalue weighted by atomic mass is 9.92. The van der Waals surface area contributed by atoms with Crippen molar-refractivity contribution in [2.45, 2.75) is 37.8 Å². The van der Waals surface area contributed by atoms with Crippen LogP contribution in [-0.4, -0.2) is 33.3 Å². The standard InChI is InChI=1S/C13H15FN2O5/c14-8-6-10(15-9-3-1-2-4-12(9)17)11(16(20)21)5-7(8)13(18)19/h5-6,9,12,15,17H,1-4H2,(H,18,19). The molecular weight excluding hydrogens is 283 g/mol. The van der Waals surface area contributed by atoms with Gasteiger partial charge in [-0.15, -0.1) is 0 Å². The van der Waals surface area contributed by atoms with Crippen LogP contribution in [0.25, 0.3) is 0 Å². The average molecular weight is 298 g/mol. The minimum atomic E-state index is -1.57. The van der Waals surface area contributed by atoms with Crippen molar-refractivity contribution in [1.82, 2.24) is 0 Å². The molecule has 1 aromatic rings. The second-order valence-corrected chi connectivity index (χ2v) is 5.01. The first-order chi connectivity index (χ1) is 9.90. The molecule has 114 valence electrons. The highest BCUT2D eigenvalue weighted by Gasteiger charge is 2.27. The molecule has 1 aliphatic carbocycles. The van der Waals surface area contributed by atoms with Crippen molar-refractivity contribution in [1.29, 1.82) is 0 Å². The summed E-state index contributed by atoms with van der Waals surface area (Å²) in [5.74, 6) is -2.62. The summed E-state index contributed by atoms with van der Waals surface area (Å²) in [4.78, 5) is 21.1. The van der Waals surface area contributed by atoms with Crippen molar-refractivity contribution in [3.05, 3.63) is 33.6 Å². The van der Waals surface area contributed by atoms with Crippen LogP contribution in [0, 0.1) is 15.9 Å². The van der Waals surface area contributed by atoms with Crippen LogP contribution in [0.1, 0.15) is 36.0 Å². The number of nitrogens with one attached hydrogen (secondary N) is 1. The van der Waals surface area contributed by atoms with Gasteiger partial charge in [0.25, 0.3) is 5.69 Å². The van der Waals surface area contributed by atoms with Gasteiger partial charge in [0.2, 0.25) is 0 Å². The SMILES string of the molecule is O=C(O)c1cc([N+](=O)[O-])c(NC2CCCCC2O)cc1F. The van der Waals surface area contributed by atoms with Gasteiger partial charge in [-0.3, -0.25) is 10.1 Å². The Morgan fingerprint density at radius 1 is 1.38 bits per heavy atom. The van der Waals surface area contributed by atoms with Crippen LogP contribution in [-0.2, 0) is 0 Å². The summed E-state index contributed by atoms with van der Waals surface area (Å²) in [7, 11) is 0. The van der Waals surface area contributed by atoms with Crippen molar-refractivity contribution in [2.24, 2.45) is 0 Å². The van der Waals surface area contributed by atoms with Gasteiger partial charge in [0.1, 0.15) is 17.1 Å². The van der Waals surface area contributed by atoms with Crippen LogP contribution in [0.2, 0.25) is 0 Å². The van der Waals surface area contributed by atoms with Gasteiger partial charge >= 0.3 is 5.97 Å². The quantitative estimate of drug-likeness (QED) is 0.580. The minimum absolute atomic E-state index is 0.117. The summed E-state index contributed by atoms with van der Waals surface area (Å²) in [5.41, 5.74) is -1.39. The normalized spacial score (nSPS) is 21.8. The molecule has 0 saturated heterocycles. The van der Waals surface area contributed by atoms with Crippen molar-refractivity contribution in [3.8, 4) is 0 Å². The van der Waals surface area contributed by atoms with Gasteiger partial charge in [0.15, 0.2) is 0 Å². The Labute approximate surface area is 119 Å². The van der Waals surface area contributed by atoms with Crippen molar-refractivity contribution >= 4 is 17.3 Å². The predicted octanol–water partition coefficient (Wildman–Crippen LogP) is 2.15. The number of aliphatic hydroxyl groups excluding tert-OH is 1. The van der Waals surface area contributed by atoms with E-state index in [0.29, 0.717) is 18.9 Å². The highest BCUT2D eigenvalue weighted by Crippen LogP contribution is 2.31. The van der Waals surface area contributed by atoms with E-state index in [4.69, 9.17) is 5.11 Å². The number of aliphatic hydroxyl groups is 1. The van der Waals surface area contributed by atoms with Crippen LogP contribution in [0.3, 0.4) is 0 Å². The number of carboxylic acid groups (broad SMARTS) is 1. The lowest BCUT2D eigenvalue weighted by Crippen LogP contribution is -2.36. The van der Waals surface area contributed by atoms with E-state index in [2.05, 4.69) is 5.32 Å². The van der Waals surface area contributed by atoms with E-state index in [1.807, 2.05) is 0 Å². The molecule has 0 radical (unpaired) electrons. The molecule has 0 heterocycles. The topological polar surface area (TPSA) is 113 Å². The lowest BCUT2D eigenvalue weighted by Gasteiger charge is -2.29. The van der Waals surface area contributed by atoms with Gasteiger partial charge in [0.05, 0.1) is 17.1 Å². The number of carboxylic acids is 1. The second kappa shape index (κ2) is 6.04. The van der Waals surface area contributed by atoms with Crippen molar-refractivity contribution in [2.75, 3.05) is 5.32 Å². The van der Waals surface area contributed by atoms with Gasteiger partial charge < -0.3 is 15.5 Å². The van der Waals surface area contributed by atoms with E-state index in [9.17, 15) is 24.4 Å². The fourth-order valence-corrected chi connectivity index (χ4v) is 2.47. The van der Waals surface area contributed by atoms with Gasteiger partial charge in [-0.05, 0) is 12.8 Å². The van der Waals surface area contributed by atoms with Crippen molar-refractivity contribution in [3.63, 3.8) is 0 Å². The number of nitro groups is 1. The first-order valence-corrected chi connectivity index (χ1v) is 6.56. The summed E-state index contributed by atoms with van der Waals surface area (Å²) >= 11 is 0. The molecule has 7 nitrogen and oxygen atoms in total. The molecule has 0 amide bonds. The zero-order valence-corrected chi connectivity index (χ0v) is 11.1. The Balaban J connectivity index is 2.35. The third kappa shape index (κ3) is 3.27. The van der Waals surface area contributed by atoms with E-state index >= 15 is 0 Å². The molecule has 1 aromatic carbocycles. The molecule has 2 rings (SSSR count). The maximum absolute atomic E-state index is 13.7. The Hall–Kier alpha value is -2.22. The number of nitro benzene ring substituents is 1. The summed E-state index contributed by atoms with van der Waals surface area (Å²) in [6, 6.07) is 1.07. The maximum atomic E-state index is 13.7. The number of carbonyl (C=O) groups is 1. The maximum Gasteiger partial charge on any atom is 0.338 e. The van der Waals surface area contributed by atoms with Crippen LogP contribution in [0.4, 0.5) is 15.8 Å². The molecule has 0 aromatic heterocycles. The molecule has 21 heavy (non-hydrogen) atoms. The van der Waals surface area contributed by atoms with Crippen LogP contribution in [0.15, 0.2) is 12.1 Å². The molecule has 0 spiro atoms. The molecular formula is C13H15FN2O5. The number of hydrogen-bond acceptors (Lipinski definition) is 5. The Bertz CT molecular complexity index is 578. The molecule has 1 aliphatic rings. The number of benzene rings is 1. The predicted molar refractivity (Wildman–Crippen MR) is 71.9 cm³/mol. The molecule has 2 unspecified atom stereocenters. The average Bonchev–Trinajstić information content (AvgIpc) is 2.40. The minimum Gasteiger partial charge on any atom is -0.478 e. The fraction of sp³-hybridized carbons (Fsp3) is 0.462. The van der Waals surface area contributed by atoms with Gasteiger partial charge in [-0.2, -0.15) is 0 Å². The summed E-state index contributed by atoms with van der Waals surface area (Å²) in [6.45, 7) is 0. The van der Waals surface area contributed by atoms with E-state index in [0.717, 1.165) is 18.9 Å². The first kappa shape index (κ1) is 15.2. The Morgan fingerprint density at radius 3 is 2.62 bits per heavy atom. The number of halogens is 1. The number of rotatable bonds is 4. The van der Waals surface area contributed by atoms with E-state index in [1.54, 1.807) is 0 Å². The lowest BCUT2D eigenvalue weighted by molar-refractivity contribution is -0.384. The van der Waals surface area contributed by atoms with Gasteiger partial charge in [-0.25, -0.2) is 9.18 Å². The number of aromatic carboxylic acids is 1. The first-order valence-electron chi connectivity index (χ1n) is 6.56. The Kier molecular flexibility index (Phi) is 4.37. The molecule has 1 saturated carbocycles. The third-order valence-corrected chi connectivity index (χ3v) is 3.58. The highest BCUT2D eigenvalue weighted by molar-refractivity contribution is 5.90. The van der Waals surface area contributed by atoms with Crippen molar-refractivity contribution < 1.29 is 24.3 Å². The van der Waals surface area contributed by atoms with E-state index < -0.39 is 40.1 Å². The number of nitrogens with zero attached hydrogens (tertiary/aromatic N) is 1. The summed E-state index contributed by atoms with van der Waals surface area (Å²) < 4.78 is 13.7. The molecule has 0 bridgehead atoms. The molecule has 3 N–H and O–H groups in total. The smallest absolute Gasteiger partial charge is 0.338 e.